The van der Waals surface area contributed by atoms with E-state index in [4.69, 9.17) is 11.6 Å². The van der Waals surface area contributed by atoms with Crippen molar-refractivity contribution < 1.29 is 9.72 Å². The Kier molecular flexibility index (Phi) is 4.73. The molecular weight excluding hydrogens is 294 g/mol. The predicted molar refractivity (Wildman–Crippen MR) is 80.4 cm³/mol. The molecule has 7 heteroatoms. The largest absolute Gasteiger partial charge is 0.334 e. The fourth-order valence-corrected chi connectivity index (χ4v) is 1.88. The zero-order valence-electron chi connectivity index (χ0n) is 10.9. The molecule has 2 amide bonds. The number of nitrogens with zero attached hydrogens (tertiary/aromatic N) is 1. The zero-order valence-corrected chi connectivity index (χ0v) is 11.6. The molecular formula is C14H12ClN3O3. The van der Waals surface area contributed by atoms with E-state index in [1.165, 1.54) is 24.3 Å². The summed E-state index contributed by atoms with van der Waals surface area (Å²) in [7, 11) is 0. The second-order valence-corrected chi connectivity index (χ2v) is 4.68. The SMILES string of the molecule is O=C(NCc1cccc(Cl)c1)Nc1ccc([N+](=O)[O-])cc1. The summed E-state index contributed by atoms with van der Waals surface area (Å²) in [6.45, 7) is 0.333. The van der Waals surface area contributed by atoms with E-state index >= 15 is 0 Å². The number of nitro groups is 1. The smallest absolute Gasteiger partial charge is 0.319 e. The molecule has 108 valence electrons. The topological polar surface area (TPSA) is 84.3 Å². The van der Waals surface area contributed by atoms with Crippen LogP contribution in [0.1, 0.15) is 5.56 Å². The van der Waals surface area contributed by atoms with Crippen molar-refractivity contribution in [1.29, 1.82) is 0 Å². The molecule has 2 N–H and O–H groups in total. The van der Waals surface area contributed by atoms with Crippen LogP contribution in [0, 0.1) is 10.1 Å². The lowest BCUT2D eigenvalue weighted by atomic mass is 10.2. The summed E-state index contributed by atoms with van der Waals surface area (Å²) in [5.74, 6) is 0. The Bertz CT molecular complexity index is 659. The molecule has 0 atom stereocenters. The van der Waals surface area contributed by atoms with E-state index in [2.05, 4.69) is 10.6 Å². The highest BCUT2D eigenvalue weighted by atomic mass is 35.5. The molecule has 21 heavy (non-hydrogen) atoms. The molecule has 2 aromatic rings. The van der Waals surface area contributed by atoms with Crippen molar-refractivity contribution in [3.8, 4) is 0 Å². The first-order valence-electron chi connectivity index (χ1n) is 6.08. The molecule has 0 aliphatic rings. The molecule has 0 fully saturated rings. The van der Waals surface area contributed by atoms with Gasteiger partial charge >= 0.3 is 6.03 Å². The lowest BCUT2D eigenvalue weighted by Gasteiger charge is -2.07. The van der Waals surface area contributed by atoms with Gasteiger partial charge < -0.3 is 10.6 Å². The molecule has 2 rings (SSSR count). The van der Waals surface area contributed by atoms with Gasteiger partial charge in [-0.15, -0.1) is 0 Å². The van der Waals surface area contributed by atoms with Gasteiger partial charge in [-0.3, -0.25) is 10.1 Å². The van der Waals surface area contributed by atoms with E-state index < -0.39 is 11.0 Å². The molecule has 0 aliphatic heterocycles. The average molecular weight is 306 g/mol. The molecule has 0 radical (unpaired) electrons. The number of nitro benzene ring substituents is 1. The van der Waals surface area contributed by atoms with Crippen LogP contribution < -0.4 is 10.6 Å². The Hall–Kier alpha value is -2.60. The summed E-state index contributed by atoms with van der Waals surface area (Å²) in [5, 5.41) is 16.4. The van der Waals surface area contributed by atoms with Crippen molar-refractivity contribution in [1.82, 2.24) is 5.32 Å². The molecule has 0 spiro atoms. The number of hydrogen-bond acceptors (Lipinski definition) is 3. The second kappa shape index (κ2) is 6.71. The lowest BCUT2D eigenvalue weighted by molar-refractivity contribution is -0.384. The third-order valence-corrected chi connectivity index (χ3v) is 2.91. The maximum absolute atomic E-state index is 11.7. The normalized spacial score (nSPS) is 9.95. The van der Waals surface area contributed by atoms with Gasteiger partial charge in [0.05, 0.1) is 4.92 Å². The maximum Gasteiger partial charge on any atom is 0.319 e. The molecule has 0 saturated carbocycles. The number of halogens is 1. The first-order valence-corrected chi connectivity index (χ1v) is 6.46. The highest BCUT2D eigenvalue weighted by Crippen LogP contribution is 2.15. The van der Waals surface area contributed by atoms with Crippen LogP contribution in [0.3, 0.4) is 0 Å². The number of non-ortho nitro benzene ring substituents is 1. The molecule has 0 heterocycles. The summed E-state index contributed by atoms with van der Waals surface area (Å²) in [6.07, 6.45) is 0. The van der Waals surface area contributed by atoms with Gasteiger partial charge in [-0.1, -0.05) is 23.7 Å². The first-order chi connectivity index (χ1) is 10.0. The van der Waals surface area contributed by atoms with Gasteiger partial charge in [-0.2, -0.15) is 0 Å². The Morgan fingerprint density at radius 1 is 1.19 bits per heavy atom. The van der Waals surface area contributed by atoms with E-state index in [9.17, 15) is 14.9 Å². The average Bonchev–Trinajstić information content (AvgIpc) is 2.46. The van der Waals surface area contributed by atoms with Gasteiger partial charge in [0.25, 0.3) is 5.69 Å². The van der Waals surface area contributed by atoms with Gasteiger partial charge in [0.2, 0.25) is 0 Å². The van der Waals surface area contributed by atoms with Gasteiger partial charge in [0, 0.05) is 29.4 Å². The summed E-state index contributed by atoms with van der Waals surface area (Å²) in [6, 6.07) is 12.3. The number of hydrogen-bond donors (Lipinski definition) is 2. The number of carbonyl (C=O) groups excluding carboxylic acids is 1. The fraction of sp³-hybridized carbons (Fsp3) is 0.0714. The third kappa shape index (κ3) is 4.47. The quantitative estimate of drug-likeness (QED) is 0.669. The van der Waals surface area contributed by atoms with E-state index in [0.29, 0.717) is 17.3 Å². The van der Waals surface area contributed by atoms with Crippen molar-refractivity contribution in [3.63, 3.8) is 0 Å². The Morgan fingerprint density at radius 3 is 2.52 bits per heavy atom. The van der Waals surface area contributed by atoms with Crippen LogP contribution in [0.5, 0.6) is 0 Å². The molecule has 0 aliphatic carbocycles. The summed E-state index contributed by atoms with van der Waals surface area (Å²) >= 11 is 5.85. The minimum absolute atomic E-state index is 0.0279. The first kappa shape index (κ1) is 14.8. The van der Waals surface area contributed by atoms with E-state index in [1.54, 1.807) is 18.2 Å². The van der Waals surface area contributed by atoms with Crippen molar-refractivity contribution in [2.45, 2.75) is 6.54 Å². The van der Waals surface area contributed by atoms with Crippen LogP contribution in [-0.4, -0.2) is 11.0 Å². The van der Waals surface area contributed by atoms with Crippen molar-refractivity contribution in [2.75, 3.05) is 5.32 Å². The van der Waals surface area contributed by atoms with E-state index in [-0.39, 0.29) is 5.69 Å². The number of benzene rings is 2. The number of urea groups is 1. The highest BCUT2D eigenvalue weighted by molar-refractivity contribution is 6.30. The molecule has 6 nitrogen and oxygen atoms in total. The summed E-state index contributed by atoms with van der Waals surface area (Å²) in [5.41, 5.74) is 1.32. The lowest BCUT2D eigenvalue weighted by Crippen LogP contribution is -2.28. The van der Waals surface area contributed by atoms with Crippen molar-refractivity contribution in [3.05, 3.63) is 69.2 Å². The Balaban J connectivity index is 1.88. The standard InChI is InChI=1S/C14H12ClN3O3/c15-11-3-1-2-10(8-11)9-16-14(19)17-12-4-6-13(7-5-12)18(20)21/h1-8H,9H2,(H2,16,17,19). The van der Waals surface area contributed by atoms with E-state index in [1.807, 2.05) is 6.07 Å². The number of carbonyl (C=O) groups is 1. The minimum Gasteiger partial charge on any atom is -0.334 e. The maximum atomic E-state index is 11.7. The van der Waals surface area contributed by atoms with Gasteiger partial charge in [-0.25, -0.2) is 4.79 Å². The molecule has 0 bridgehead atoms. The summed E-state index contributed by atoms with van der Waals surface area (Å²) < 4.78 is 0. The third-order valence-electron chi connectivity index (χ3n) is 2.68. The molecule has 2 aromatic carbocycles. The number of amides is 2. The van der Waals surface area contributed by atoms with Gasteiger partial charge in [0.1, 0.15) is 0 Å². The predicted octanol–water partition coefficient (Wildman–Crippen LogP) is 3.57. The van der Waals surface area contributed by atoms with Crippen LogP contribution in [0.15, 0.2) is 48.5 Å². The summed E-state index contributed by atoms with van der Waals surface area (Å²) in [4.78, 5) is 21.7. The fourth-order valence-electron chi connectivity index (χ4n) is 1.67. The molecule has 0 unspecified atom stereocenters. The van der Waals surface area contributed by atoms with Gasteiger partial charge in [0.15, 0.2) is 0 Å². The molecule has 0 aromatic heterocycles. The van der Waals surface area contributed by atoms with Gasteiger partial charge in [-0.05, 0) is 29.8 Å². The number of rotatable bonds is 4. The number of anilines is 1. The second-order valence-electron chi connectivity index (χ2n) is 4.24. The molecule has 0 saturated heterocycles. The number of nitrogens with one attached hydrogen (secondary N) is 2. The monoisotopic (exact) mass is 305 g/mol. The minimum atomic E-state index is -0.497. The van der Waals surface area contributed by atoms with Crippen LogP contribution >= 0.6 is 11.6 Å². The Labute approximate surface area is 125 Å². The van der Waals surface area contributed by atoms with Crippen LogP contribution in [0.2, 0.25) is 5.02 Å². The van der Waals surface area contributed by atoms with Crippen LogP contribution in [0.25, 0.3) is 0 Å². The van der Waals surface area contributed by atoms with Crippen LogP contribution in [-0.2, 0) is 6.54 Å². The van der Waals surface area contributed by atoms with Crippen molar-refractivity contribution in [2.24, 2.45) is 0 Å². The highest BCUT2D eigenvalue weighted by Gasteiger charge is 2.06. The zero-order chi connectivity index (χ0) is 15.2. The van der Waals surface area contributed by atoms with E-state index in [0.717, 1.165) is 5.56 Å². The Morgan fingerprint density at radius 2 is 1.90 bits per heavy atom. The van der Waals surface area contributed by atoms with Crippen LogP contribution in [0.4, 0.5) is 16.2 Å². The van der Waals surface area contributed by atoms with Crippen molar-refractivity contribution >= 4 is 29.0 Å².